The number of rotatable bonds is 7. The van der Waals surface area contributed by atoms with Crippen molar-refractivity contribution in [1.82, 2.24) is 4.90 Å². The van der Waals surface area contributed by atoms with Gasteiger partial charge in [-0.25, -0.2) is 0 Å². The molecule has 5 heteroatoms. The van der Waals surface area contributed by atoms with Crippen molar-refractivity contribution < 1.29 is 19.0 Å². The molecule has 1 aromatic rings. The standard InChI is InChI=1S/C16H23NO4/c1-19-14-7-6-12(15(20-2)16(14)21-3)13(18)8-11-17-9-4-5-10-17/h6-7H,4-5,8-11H2,1-3H3. The van der Waals surface area contributed by atoms with E-state index < -0.39 is 0 Å². The second kappa shape index (κ2) is 7.31. The molecule has 1 aliphatic rings. The van der Waals surface area contributed by atoms with Crippen LogP contribution in [0.5, 0.6) is 17.2 Å². The molecule has 0 saturated carbocycles. The number of ether oxygens (including phenoxy) is 3. The van der Waals surface area contributed by atoms with E-state index in [9.17, 15) is 4.79 Å². The van der Waals surface area contributed by atoms with Gasteiger partial charge in [-0.15, -0.1) is 0 Å². The van der Waals surface area contributed by atoms with Gasteiger partial charge in [-0.05, 0) is 38.1 Å². The quantitative estimate of drug-likeness (QED) is 0.722. The van der Waals surface area contributed by atoms with E-state index in [2.05, 4.69) is 4.90 Å². The largest absolute Gasteiger partial charge is 0.493 e. The molecule has 2 rings (SSSR count). The molecule has 1 aliphatic heterocycles. The highest BCUT2D eigenvalue weighted by Gasteiger charge is 2.21. The number of ketones is 1. The van der Waals surface area contributed by atoms with Gasteiger partial charge in [0.2, 0.25) is 5.75 Å². The molecule has 1 fully saturated rings. The zero-order chi connectivity index (χ0) is 15.2. The Balaban J connectivity index is 2.15. The van der Waals surface area contributed by atoms with E-state index >= 15 is 0 Å². The van der Waals surface area contributed by atoms with E-state index in [1.807, 2.05) is 0 Å². The van der Waals surface area contributed by atoms with Crippen molar-refractivity contribution in [2.24, 2.45) is 0 Å². The lowest BCUT2D eigenvalue weighted by molar-refractivity contribution is 0.0965. The molecular formula is C16H23NO4. The molecule has 0 amide bonds. The molecule has 0 bridgehead atoms. The molecule has 0 aromatic heterocycles. The number of carbonyl (C=O) groups excluding carboxylic acids is 1. The van der Waals surface area contributed by atoms with Crippen molar-refractivity contribution in [2.75, 3.05) is 41.0 Å². The Kier molecular flexibility index (Phi) is 5.44. The molecule has 0 N–H and O–H groups in total. The van der Waals surface area contributed by atoms with Crippen LogP contribution in [0.4, 0.5) is 0 Å². The zero-order valence-electron chi connectivity index (χ0n) is 13.0. The summed E-state index contributed by atoms with van der Waals surface area (Å²) in [7, 11) is 4.64. The summed E-state index contributed by atoms with van der Waals surface area (Å²) in [5.41, 5.74) is 0.550. The van der Waals surface area contributed by atoms with Gasteiger partial charge in [0.1, 0.15) is 0 Å². The van der Waals surface area contributed by atoms with E-state index in [4.69, 9.17) is 14.2 Å². The number of carbonyl (C=O) groups is 1. The van der Waals surface area contributed by atoms with E-state index in [-0.39, 0.29) is 5.78 Å². The maximum atomic E-state index is 12.4. The zero-order valence-corrected chi connectivity index (χ0v) is 13.0. The predicted molar refractivity (Wildman–Crippen MR) is 80.7 cm³/mol. The fraction of sp³-hybridized carbons (Fsp3) is 0.562. The van der Waals surface area contributed by atoms with Crippen molar-refractivity contribution in [3.63, 3.8) is 0 Å². The summed E-state index contributed by atoms with van der Waals surface area (Å²) in [6.07, 6.45) is 2.95. The number of Topliss-reactive ketones (excluding diaryl/α,β-unsaturated/α-hetero) is 1. The molecular weight excluding hydrogens is 270 g/mol. The summed E-state index contributed by atoms with van der Waals surface area (Å²) < 4.78 is 15.9. The fourth-order valence-corrected chi connectivity index (χ4v) is 2.72. The first-order valence-corrected chi connectivity index (χ1v) is 7.25. The number of likely N-dealkylation sites (tertiary alicyclic amines) is 1. The maximum Gasteiger partial charge on any atom is 0.204 e. The number of benzene rings is 1. The van der Waals surface area contributed by atoms with Gasteiger partial charge >= 0.3 is 0 Å². The van der Waals surface area contributed by atoms with Crippen LogP contribution < -0.4 is 14.2 Å². The molecule has 0 atom stereocenters. The van der Waals surface area contributed by atoms with E-state index in [0.717, 1.165) is 19.6 Å². The summed E-state index contributed by atoms with van der Waals surface area (Å²) >= 11 is 0. The average molecular weight is 293 g/mol. The normalized spacial score (nSPS) is 15.0. The Morgan fingerprint density at radius 2 is 1.71 bits per heavy atom. The molecule has 0 spiro atoms. The van der Waals surface area contributed by atoms with Crippen molar-refractivity contribution in [2.45, 2.75) is 19.3 Å². The summed E-state index contributed by atoms with van der Waals surface area (Å²) in [5, 5.41) is 0. The minimum Gasteiger partial charge on any atom is -0.493 e. The summed E-state index contributed by atoms with van der Waals surface area (Å²) in [5.74, 6) is 1.54. The Morgan fingerprint density at radius 3 is 2.29 bits per heavy atom. The monoisotopic (exact) mass is 293 g/mol. The number of hydrogen-bond donors (Lipinski definition) is 0. The Labute approximate surface area is 125 Å². The predicted octanol–water partition coefficient (Wildman–Crippen LogP) is 2.38. The first kappa shape index (κ1) is 15.6. The minimum atomic E-state index is 0.0692. The van der Waals surface area contributed by atoms with Crippen LogP contribution in [-0.2, 0) is 0 Å². The van der Waals surface area contributed by atoms with Gasteiger partial charge in [-0.2, -0.15) is 0 Å². The molecule has 1 saturated heterocycles. The van der Waals surface area contributed by atoms with Gasteiger partial charge in [0.15, 0.2) is 17.3 Å². The lowest BCUT2D eigenvalue weighted by Gasteiger charge is -2.17. The maximum absolute atomic E-state index is 12.4. The lowest BCUT2D eigenvalue weighted by Crippen LogP contribution is -2.22. The van der Waals surface area contributed by atoms with Crippen LogP contribution in [0.15, 0.2) is 12.1 Å². The van der Waals surface area contributed by atoms with E-state index in [0.29, 0.717) is 29.2 Å². The molecule has 1 aromatic carbocycles. The van der Waals surface area contributed by atoms with Crippen LogP contribution in [0.3, 0.4) is 0 Å². The number of methoxy groups -OCH3 is 3. The average Bonchev–Trinajstić information content (AvgIpc) is 3.04. The first-order chi connectivity index (χ1) is 10.2. The summed E-state index contributed by atoms with van der Waals surface area (Å²) in [6, 6.07) is 3.48. The smallest absolute Gasteiger partial charge is 0.204 e. The van der Waals surface area contributed by atoms with Gasteiger partial charge in [0.05, 0.1) is 26.9 Å². The van der Waals surface area contributed by atoms with E-state index in [1.165, 1.54) is 20.0 Å². The second-order valence-electron chi connectivity index (χ2n) is 5.10. The van der Waals surface area contributed by atoms with Crippen LogP contribution in [-0.4, -0.2) is 51.6 Å². The Bertz CT molecular complexity index is 495. The van der Waals surface area contributed by atoms with Crippen LogP contribution >= 0.6 is 0 Å². The third-order valence-electron chi connectivity index (χ3n) is 3.86. The molecule has 21 heavy (non-hydrogen) atoms. The van der Waals surface area contributed by atoms with Gasteiger partial charge in [-0.1, -0.05) is 0 Å². The van der Waals surface area contributed by atoms with Crippen LogP contribution in [0.25, 0.3) is 0 Å². The van der Waals surface area contributed by atoms with Gasteiger partial charge in [0.25, 0.3) is 0 Å². The molecule has 1 heterocycles. The Morgan fingerprint density at radius 1 is 1.05 bits per heavy atom. The van der Waals surface area contributed by atoms with E-state index in [1.54, 1.807) is 26.4 Å². The molecule has 116 valence electrons. The third kappa shape index (κ3) is 3.47. The van der Waals surface area contributed by atoms with Crippen LogP contribution in [0, 0.1) is 0 Å². The highest BCUT2D eigenvalue weighted by Crippen LogP contribution is 2.40. The van der Waals surface area contributed by atoms with Crippen molar-refractivity contribution in [1.29, 1.82) is 0 Å². The second-order valence-corrected chi connectivity index (χ2v) is 5.10. The van der Waals surface area contributed by atoms with Crippen molar-refractivity contribution in [3.8, 4) is 17.2 Å². The Hall–Kier alpha value is -1.75. The van der Waals surface area contributed by atoms with Crippen molar-refractivity contribution >= 4 is 5.78 Å². The molecule has 0 radical (unpaired) electrons. The number of nitrogens with zero attached hydrogens (tertiary/aromatic N) is 1. The molecule has 0 aliphatic carbocycles. The highest BCUT2D eigenvalue weighted by atomic mass is 16.5. The SMILES string of the molecule is COc1ccc(C(=O)CCN2CCCC2)c(OC)c1OC. The molecule has 5 nitrogen and oxygen atoms in total. The summed E-state index contributed by atoms with van der Waals surface area (Å²) in [6.45, 7) is 2.99. The fourth-order valence-electron chi connectivity index (χ4n) is 2.72. The third-order valence-corrected chi connectivity index (χ3v) is 3.86. The van der Waals surface area contributed by atoms with Gasteiger partial charge in [-0.3, -0.25) is 4.79 Å². The van der Waals surface area contributed by atoms with Gasteiger partial charge < -0.3 is 19.1 Å². The lowest BCUT2D eigenvalue weighted by atomic mass is 10.1. The topological polar surface area (TPSA) is 48.0 Å². The summed E-state index contributed by atoms with van der Waals surface area (Å²) in [4.78, 5) is 14.8. The first-order valence-electron chi connectivity index (χ1n) is 7.25. The van der Waals surface area contributed by atoms with Crippen molar-refractivity contribution in [3.05, 3.63) is 17.7 Å². The highest BCUT2D eigenvalue weighted by molar-refractivity contribution is 6.00. The van der Waals surface area contributed by atoms with Crippen LogP contribution in [0.2, 0.25) is 0 Å². The van der Waals surface area contributed by atoms with Gasteiger partial charge in [0, 0.05) is 13.0 Å². The molecule has 0 unspecified atom stereocenters. The number of hydrogen-bond acceptors (Lipinski definition) is 5. The van der Waals surface area contributed by atoms with Crippen LogP contribution in [0.1, 0.15) is 29.6 Å². The minimum absolute atomic E-state index is 0.0692.